The molecule has 0 atom stereocenters. The highest BCUT2D eigenvalue weighted by Crippen LogP contribution is 2.21. The van der Waals surface area contributed by atoms with Crippen molar-refractivity contribution in [2.75, 3.05) is 0 Å². The third-order valence-corrected chi connectivity index (χ3v) is 4.25. The zero-order chi connectivity index (χ0) is 18.0. The number of halogens is 2. The predicted molar refractivity (Wildman–Crippen MR) is 95.4 cm³/mol. The summed E-state index contributed by atoms with van der Waals surface area (Å²) in [5, 5.41) is 2.80. The third-order valence-electron chi connectivity index (χ3n) is 3.96. The molecule has 2 heterocycles. The van der Waals surface area contributed by atoms with Gasteiger partial charge in [-0.25, -0.2) is 4.39 Å². The highest BCUT2D eigenvalue weighted by molar-refractivity contribution is 6.30. The number of nitrogens with zero attached hydrogens (tertiary/aromatic N) is 1. The second-order valence-corrected chi connectivity index (χ2v) is 6.20. The Labute approximate surface area is 148 Å². The Morgan fingerprint density at radius 2 is 1.96 bits per heavy atom. The summed E-state index contributed by atoms with van der Waals surface area (Å²) in [5.41, 5.74) is 2.60. The number of hydrogen-bond donors (Lipinski definition) is 1. The van der Waals surface area contributed by atoms with Gasteiger partial charge in [-0.1, -0.05) is 29.8 Å². The average molecular weight is 359 g/mol. The topological polar surface area (TPSA) is 50.6 Å². The van der Waals surface area contributed by atoms with Gasteiger partial charge in [0.1, 0.15) is 5.82 Å². The van der Waals surface area contributed by atoms with Crippen LogP contribution >= 0.6 is 11.6 Å². The van der Waals surface area contributed by atoms with Crippen molar-refractivity contribution in [3.8, 4) is 0 Å². The molecule has 0 bridgehead atoms. The molecule has 0 unspecified atom stereocenters. The summed E-state index contributed by atoms with van der Waals surface area (Å²) in [7, 11) is 0. The van der Waals surface area contributed by atoms with Crippen LogP contribution in [0.1, 0.15) is 23.6 Å². The lowest BCUT2D eigenvalue weighted by Crippen LogP contribution is -2.21. The molecule has 6 heteroatoms. The summed E-state index contributed by atoms with van der Waals surface area (Å²) >= 11 is 5.82. The quantitative estimate of drug-likeness (QED) is 0.777. The van der Waals surface area contributed by atoms with E-state index in [9.17, 15) is 14.0 Å². The summed E-state index contributed by atoms with van der Waals surface area (Å²) < 4.78 is 15.6. The first-order chi connectivity index (χ1) is 12.0. The maximum Gasteiger partial charge on any atom is 0.255 e. The molecule has 0 spiro atoms. The van der Waals surface area contributed by atoms with E-state index < -0.39 is 5.82 Å². The van der Waals surface area contributed by atoms with Gasteiger partial charge in [-0.2, -0.15) is 0 Å². The van der Waals surface area contributed by atoms with Gasteiger partial charge in [0.25, 0.3) is 5.56 Å². The van der Waals surface area contributed by atoms with Crippen molar-refractivity contribution in [3.63, 3.8) is 0 Å². The number of benzene rings is 1. The molecule has 128 valence electrons. The van der Waals surface area contributed by atoms with Crippen LogP contribution in [0.5, 0.6) is 0 Å². The number of carbonyl (C=O) groups is 1. The normalized spacial score (nSPS) is 10.8. The molecule has 3 aromatic rings. The Kier molecular flexibility index (Phi) is 4.86. The highest BCUT2D eigenvalue weighted by Gasteiger charge is 2.09. The molecule has 1 aromatic carbocycles. The van der Waals surface area contributed by atoms with Crippen molar-refractivity contribution in [2.45, 2.75) is 19.9 Å². The zero-order valence-electron chi connectivity index (χ0n) is 13.6. The van der Waals surface area contributed by atoms with Gasteiger partial charge in [-0.15, -0.1) is 0 Å². The summed E-state index contributed by atoms with van der Waals surface area (Å²) in [4.78, 5) is 23.3. The van der Waals surface area contributed by atoms with E-state index in [1.807, 2.05) is 6.07 Å². The Hall–Kier alpha value is -2.66. The molecule has 1 amide bonds. The lowest BCUT2D eigenvalue weighted by atomic mass is 10.1. The fourth-order valence-electron chi connectivity index (χ4n) is 2.70. The van der Waals surface area contributed by atoms with Gasteiger partial charge in [0.15, 0.2) is 0 Å². The van der Waals surface area contributed by atoms with Crippen LogP contribution in [0.3, 0.4) is 0 Å². The molecule has 2 aromatic heterocycles. The van der Waals surface area contributed by atoms with Crippen molar-refractivity contribution in [1.29, 1.82) is 0 Å². The van der Waals surface area contributed by atoms with Crippen LogP contribution in [-0.4, -0.2) is 10.3 Å². The number of carbonyl (C=O) groups excluding carboxylic acids is 1. The van der Waals surface area contributed by atoms with Crippen molar-refractivity contribution < 1.29 is 9.18 Å². The van der Waals surface area contributed by atoms with Crippen LogP contribution < -0.4 is 10.9 Å². The SMILES string of the molecule is CC(=O)NCc1ccc(=O)n2cc(Cc3cccc(Cl)c3F)ccc12. The fourth-order valence-corrected chi connectivity index (χ4v) is 2.90. The van der Waals surface area contributed by atoms with Crippen molar-refractivity contribution in [2.24, 2.45) is 0 Å². The number of pyridine rings is 2. The van der Waals surface area contributed by atoms with Gasteiger partial charge in [-0.05, 0) is 34.9 Å². The van der Waals surface area contributed by atoms with E-state index >= 15 is 0 Å². The first kappa shape index (κ1) is 17.2. The average Bonchev–Trinajstić information content (AvgIpc) is 2.58. The number of rotatable bonds is 4. The van der Waals surface area contributed by atoms with E-state index in [4.69, 9.17) is 11.6 Å². The van der Waals surface area contributed by atoms with E-state index in [1.165, 1.54) is 23.5 Å². The number of hydrogen-bond acceptors (Lipinski definition) is 2. The Morgan fingerprint density at radius 1 is 1.16 bits per heavy atom. The molecule has 25 heavy (non-hydrogen) atoms. The Morgan fingerprint density at radius 3 is 2.72 bits per heavy atom. The molecule has 0 aliphatic rings. The van der Waals surface area contributed by atoms with Crippen LogP contribution in [0.4, 0.5) is 4.39 Å². The van der Waals surface area contributed by atoms with Crippen LogP contribution in [0.2, 0.25) is 5.02 Å². The van der Waals surface area contributed by atoms with Gasteiger partial charge in [-0.3, -0.25) is 14.0 Å². The first-order valence-corrected chi connectivity index (χ1v) is 8.14. The number of amides is 1. The van der Waals surface area contributed by atoms with Crippen molar-refractivity contribution in [1.82, 2.24) is 9.72 Å². The molecule has 0 saturated heterocycles. The lowest BCUT2D eigenvalue weighted by molar-refractivity contribution is -0.119. The molecule has 0 saturated carbocycles. The maximum atomic E-state index is 14.1. The second kappa shape index (κ2) is 7.07. The number of fused-ring (bicyclic) bond motifs is 1. The molecular weight excluding hydrogens is 343 g/mol. The van der Waals surface area contributed by atoms with Gasteiger partial charge in [0, 0.05) is 32.2 Å². The smallest absolute Gasteiger partial charge is 0.255 e. The number of nitrogens with one attached hydrogen (secondary N) is 1. The molecule has 0 aliphatic heterocycles. The maximum absolute atomic E-state index is 14.1. The van der Waals surface area contributed by atoms with E-state index in [-0.39, 0.29) is 16.5 Å². The summed E-state index contributed by atoms with van der Waals surface area (Å²) in [6.07, 6.45) is 2.01. The number of aromatic nitrogens is 1. The van der Waals surface area contributed by atoms with Gasteiger partial charge in [0.2, 0.25) is 5.91 Å². The van der Waals surface area contributed by atoms with Crippen LogP contribution in [0.25, 0.3) is 5.52 Å². The van der Waals surface area contributed by atoms with E-state index in [2.05, 4.69) is 5.32 Å². The van der Waals surface area contributed by atoms with E-state index in [0.29, 0.717) is 24.0 Å². The monoisotopic (exact) mass is 358 g/mol. The Bertz CT molecular complexity index is 1010. The van der Waals surface area contributed by atoms with Crippen molar-refractivity contribution in [3.05, 3.63) is 86.5 Å². The highest BCUT2D eigenvalue weighted by atomic mass is 35.5. The molecule has 0 radical (unpaired) electrons. The largest absolute Gasteiger partial charge is 0.352 e. The van der Waals surface area contributed by atoms with Gasteiger partial charge >= 0.3 is 0 Å². The van der Waals surface area contributed by atoms with Crippen molar-refractivity contribution >= 4 is 23.0 Å². The lowest BCUT2D eigenvalue weighted by Gasteiger charge is -2.11. The molecule has 3 rings (SSSR count). The Balaban J connectivity index is 1.99. The third kappa shape index (κ3) is 3.72. The minimum absolute atomic E-state index is 0.0769. The van der Waals surface area contributed by atoms with Gasteiger partial charge in [0.05, 0.1) is 10.5 Å². The van der Waals surface area contributed by atoms with Crippen LogP contribution in [0.15, 0.2) is 53.5 Å². The summed E-state index contributed by atoms with van der Waals surface area (Å²) in [5.74, 6) is -0.589. The molecule has 0 aliphatic carbocycles. The molecule has 1 N–H and O–H groups in total. The minimum Gasteiger partial charge on any atom is -0.352 e. The minimum atomic E-state index is -0.448. The van der Waals surface area contributed by atoms with Crippen LogP contribution in [0, 0.1) is 5.82 Å². The predicted octanol–water partition coefficient (Wildman–Crippen LogP) is 3.32. The standard InChI is InChI=1S/C19H16ClFN2O2/c1-12(24)22-10-15-6-8-18(25)23-11-13(5-7-17(15)23)9-14-3-2-4-16(20)19(14)21/h2-8,11H,9-10H2,1H3,(H,22,24). The second-order valence-electron chi connectivity index (χ2n) is 5.79. The summed E-state index contributed by atoms with van der Waals surface area (Å²) in [6.45, 7) is 1.77. The van der Waals surface area contributed by atoms with Gasteiger partial charge < -0.3 is 5.32 Å². The molecular formula is C19H16ClFN2O2. The van der Waals surface area contributed by atoms with E-state index in [0.717, 1.165) is 11.1 Å². The molecule has 0 fully saturated rings. The van der Waals surface area contributed by atoms with Crippen LogP contribution in [-0.2, 0) is 17.8 Å². The first-order valence-electron chi connectivity index (χ1n) is 7.76. The zero-order valence-corrected chi connectivity index (χ0v) is 14.3. The molecule has 4 nitrogen and oxygen atoms in total. The fraction of sp³-hybridized carbons (Fsp3) is 0.158. The summed E-state index contributed by atoms with van der Waals surface area (Å²) in [6, 6.07) is 11.7. The van der Waals surface area contributed by atoms with E-state index in [1.54, 1.807) is 30.5 Å².